The van der Waals surface area contributed by atoms with E-state index in [0.29, 0.717) is 0 Å². The molecule has 9 N–H and O–H groups in total. The molecule has 0 fully saturated rings. The fourth-order valence-corrected chi connectivity index (χ4v) is 0. The molecule has 0 heterocycles. The lowest BCUT2D eigenvalue weighted by atomic mass is 13.0. The van der Waals surface area contributed by atoms with Crippen LogP contribution in [0.25, 0.3) is 0 Å². The maximum atomic E-state index is 8.25. The van der Waals surface area contributed by atoms with Crippen molar-refractivity contribution in [3.8, 4) is 0 Å². The van der Waals surface area contributed by atoms with Crippen molar-refractivity contribution in [3.05, 3.63) is 30.6 Å². The summed E-state index contributed by atoms with van der Waals surface area (Å²) in [5.74, 6) is 9.25. The summed E-state index contributed by atoms with van der Waals surface area (Å²) in [7, 11) is 0. The van der Waals surface area contributed by atoms with Gasteiger partial charge in [0.05, 0.1) is 10.2 Å². The molecule has 0 aliphatic rings. The minimum atomic E-state index is -1.75. The fraction of sp³-hybridized carbons (Fsp3) is 0. The Balaban J connectivity index is -0.0000000380. The van der Waals surface area contributed by atoms with Gasteiger partial charge in [-0.3, -0.25) is 5.84 Å². The lowest BCUT2D eigenvalue weighted by molar-refractivity contribution is -0.670. The van der Waals surface area contributed by atoms with Crippen LogP contribution in [0.15, 0.2) is 0 Å². The number of hydrogen-bond acceptors (Lipinski definition) is 8. The van der Waals surface area contributed by atoms with Crippen LogP contribution in [0.2, 0.25) is 0 Å². The molecule has 0 aromatic heterocycles. The van der Waals surface area contributed by atoms with Crippen LogP contribution in [0, 0.1) is 30.6 Å². The Bertz CT molecular complexity index is 69.8. The van der Waals surface area contributed by atoms with Crippen molar-refractivity contribution in [1.29, 1.82) is 0 Å². The number of quaternary nitrogens is 2. The van der Waals surface area contributed by atoms with Crippen molar-refractivity contribution < 1.29 is 27.1 Å². The largest absolute Gasteiger partial charge is 0.356 e. The average molecular weight is 191 g/mol. The first-order valence-corrected chi connectivity index (χ1v) is 1.82. The van der Waals surface area contributed by atoms with Gasteiger partial charge in [-0.2, -0.15) is 5.84 Å². The maximum absolute atomic E-state index is 8.25. The monoisotopic (exact) mass is 191 g/mol. The molecule has 0 aromatic carbocycles. The SMILES string of the molecule is N[NH3+].O=[N+]([O-])[O-].O=[N+]([O-])[O-].[NH3+]O. The molecule has 0 spiro atoms. The number of nitrogens with two attached hydrogens (primary N) is 1. The summed E-state index contributed by atoms with van der Waals surface area (Å²) >= 11 is 0. The van der Waals surface area contributed by atoms with Crippen molar-refractivity contribution in [2.24, 2.45) is 5.84 Å². The number of nitrogens with zero attached hydrogens (tertiary/aromatic N) is 2. The van der Waals surface area contributed by atoms with Crippen LogP contribution in [-0.4, -0.2) is 15.4 Å². The summed E-state index contributed by atoms with van der Waals surface area (Å²) in [5, 5.41) is 36.2. The van der Waals surface area contributed by atoms with E-state index >= 15 is 0 Å². The van der Waals surface area contributed by atoms with Gasteiger partial charge in [0.15, 0.2) is 0 Å². The van der Waals surface area contributed by atoms with Gasteiger partial charge in [-0.15, -0.1) is 0 Å². The fourth-order valence-electron chi connectivity index (χ4n) is 0. The zero-order valence-corrected chi connectivity index (χ0v) is 5.78. The van der Waals surface area contributed by atoms with E-state index in [0.717, 1.165) is 0 Å². The van der Waals surface area contributed by atoms with Gasteiger partial charge in [0.25, 0.3) is 0 Å². The molecule has 12 heavy (non-hydrogen) atoms. The molecule has 0 amide bonds. The molecule has 0 saturated carbocycles. The smallest absolute Gasteiger partial charge is 0.0689 e. The second-order valence-corrected chi connectivity index (χ2v) is 0.447. The van der Waals surface area contributed by atoms with E-state index in [9.17, 15) is 0 Å². The molecule has 12 heteroatoms. The molecule has 0 atom stereocenters. The summed E-state index contributed by atoms with van der Waals surface area (Å²) in [6.45, 7) is 0. The molecule has 0 bridgehead atoms. The Hall–Kier alpha value is -1.76. The molecule has 0 aromatic rings. The first-order valence-electron chi connectivity index (χ1n) is 1.82. The normalized spacial score (nSPS) is 5.00. The Morgan fingerprint density at radius 1 is 0.917 bits per heavy atom. The molecule has 0 saturated heterocycles. The van der Waals surface area contributed by atoms with Gasteiger partial charge in [-0.25, -0.2) is 11.1 Å². The molecular weight excluding hydrogens is 182 g/mol. The van der Waals surface area contributed by atoms with Gasteiger partial charge in [-0.05, 0) is 0 Å². The second kappa shape index (κ2) is 34.9. The van der Waals surface area contributed by atoms with Crippen LogP contribution in [0.1, 0.15) is 0 Å². The third-order valence-corrected chi connectivity index (χ3v) is 0. The zero-order valence-electron chi connectivity index (χ0n) is 5.78. The van der Waals surface area contributed by atoms with Gasteiger partial charge in [0, 0.05) is 0 Å². The predicted octanol–water partition coefficient (Wildman–Crippen LogP) is -3.76. The van der Waals surface area contributed by atoms with E-state index in [2.05, 4.69) is 17.6 Å². The Labute approximate surface area is 64.9 Å². The highest BCUT2D eigenvalue weighted by atomic mass is 16.9. The van der Waals surface area contributed by atoms with Crippen molar-refractivity contribution >= 4 is 0 Å². The first kappa shape index (κ1) is 22.5. The van der Waals surface area contributed by atoms with Crippen LogP contribution in [0.5, 0.6) is 0 Å². The highest BCUT2D eigenvalue weighted by molar-refractivity contribution is 4.04. The van der Waals surface area contributed by atoms with E-state index in [-0.39, 0.29) is 0 Å². The van der Waals surface area contributed by atoms with E-state index in [1.807, 2.05) is 0 Å². The summed E-state index contributed by atoms with van der Waals surface area (Å²) in [4.78, 5) is 16.5. The number of rotatable bonds is 0. The van der Waals surface area contributed by atoms with E-state index < -0.39 is 10.2 Å². The van der Waals surface area contributed by atoms with Crippen LogP contribution in [-0.2, 0) is 0 Å². The summed E-state index contributed by atoms with van der Waals surface area (Å²) in [6.07, 6.45) is 0. The molecule has 0 radical (unpaired) electrons. The minimum Gasteiger partial charge on any atom is -0.356 e. The van der Waals surface area contributed by atoms with E-state index in [1.165, 1.54) is 0 Å². The minimum absolute atomic E-state index is 1.75. The molecule has 0 aliphatic heterocycles. The van der Waals surface area contributed by atoms with Crippen LogP contribution in [0.3, 0.4) is 0 Å². The van der Waals surface area contributed by atoms with Crippen molar-refractivity contribution in [2.75, 3.05) is 0 Å². The average Bonchev–Trinajstić information content (AvgIpc) is 1.93. The van der Waals surface area contributed by atoms with Crippen LogP contribution < -0.4 is 17.6 Å². The maximum Gasteiger partial charge on any atom is 0.0689 e. The van der Waals surface area contributed by atoms with Gasteiger partial charge in [-0.1, -0.05) is 0 Å². The lowest BCUT2D eigenvalue weighted by Gasteiger charge is -1.74. The van der Waals surface area contributed by atoms with E-state index in [1.54, 1.807) is 0 Å². The molecule has 12 nitrogen and oxygen atoms in total. The first-order chi connectivity index (χ1) is 5.46. The van der Waals surface area contributed by atoms with Crippen molar-refractivity contribution in [1.82, 2.24) is 0 Å². The Kier molecular flexibility index (Phi) is 65.3. The van der Waals surface area contributed by atoms with Gasteiger partial charge >= 0.3 is 0 Å². The summed E-state index contributed by atoms with van der Waals surface area (Å²) in [5.41, 5.74) is 0. The van der Waals surface area contributed by atoms with E-state index in [4.69, 9.17) is 35.9 Å². The highest BCUT2D eigenvalue weighted by Gasteiger charge is 1.46. The predicted molar refractivity (Wildman–Crippen MR) is 32.5 cm³/mol. The van der Waals surface area contributed by atoms with Gasteiger partial charge < -0.3 is 30.6 Å². The molecule has 76 valence electrons. The standard InChI is InChI=1S/H4N2.2NO3.H4NO/c1-2;2*2-1(3)4;1-2/h1-2H2;;;2H,1H3/q;2*-1;+1/p+1. The van der Waals surface area contributed by atoms with Gasteiger partial charge in [0.1, 0.15) is 0 Å². The Morgan fingerprint density at radius 2 is 0.917 bits per heavy atom. The topological polar surface area (TPSA) is 234 Å². The summed E-state index contributed by atoms with van der Waals surface area (Å²) in [6, 6.07) is 0. The Morgan fingerprint density at radius 3 is 0.917 bits per heavy atom. The van der Waals surface area contributed by atoms with Crippen molar-refractivity contribution in [3.63, 3.8) is 0 Å². The third-order valence-electron chi connectivity index (χ3n) is 0. The van der Waals surface area contributed by atoms with Gasteiger partial charge in [0.2, 0.25) is 0 Å². The molecule has 0 rings (SSSR count). The highest BCUT2D eigenvalue weighted by Crippen LogP contribution is 1.44. The quantitative estimate of drug-likeness (QED) is 0.168. The summed E-state index contributed by atoms with van der Waals surface area (Å²) < 4.78 is 0. The van der Waals surface area contributed by atoms with Crippen LogP contribution >= 0.6 is 0 Å². The zero-order chi connectivity index (χ0) is 11.2. The molecular formula is H9N5O7. The second-order valence-electron chi connectivity index (χ2n) is 0.447. The molecule has 0 unspecified atom stereocenters. The molecule has 0 aliphatic carbocycles. The van der Waals surface area contributed by atoms with Crippen LogP contribution in [0.4, 0.5) is 0 Å². The van der Waals surface area contributed by atoms with Crippen molar-refractivity contribution in [2.45, 2.75) is 0 Å². The third kappa shape index (κ3) is 139. The number of hydrogen-bond donors (Lipinski definition) is 4. The lowest BCUT2D eigenvalue weighted by Crippen LogP contribution is -2.59.